The Bertz CT molecular complexity index is 478. The molecular formula is C17H25FN2O. The van der Waals surface area contributed by atoms with E-state index < -0.39 is 0 Å². The van der Waals surface area contributed by atoms with Crippen LogP contribution in [0.15, 0.2) is 24.3 Å². The number of benzene rings is 1. The van der Waals surface area contributed by atoms with Crippen LogP contribution in [0.4, 0.5) is 4.39 Å². The van der Waals surface area contributed by atoms with Crippen molar-refractivity contribution in [1.29, 1.82) is 0 Å². The molecule has 21 heavy (non-hydrogen) atoms. The van der Waals surface area contributed by atoms with Crippen LogP contribution in [0.2, 0.25) is 0 Å². The van der Waals surface area contributed by atoms with Gasteiger partial charge in [0.25, 0.3) is 0 Å². The first-order chi connectivity index (χ1) is 10.1. The molecule has 1 atom stereocenters. The molecule has 0 aromatic heterocycles. The van der Waals surface area contributed by atoms with Gasteiger partial charge in [-0.25, -0.2) is 4.39 Å². The number of rotatable bonds is 4. The predicted molar refractivity (Wildman–Crippen MR) is 82.6 cm³/mol. The molecule has 1 aromatic carbocycles. The summed E-state index contributed by atoms with van der Waals surface area (Å²) in [6.45, 7) is 7.52. The van der Waals surface area contributed by atoms with Gasteiger partial charge in [0.2, 0.25) is 5.91 Å². The summed E-state index contributed by atoms with van der Waals surface area (Å²) in [5, 5.41) is 0. The summed E-state index contributed by atoms with van der Waals surface area (Å²) in [5.74, 6) is 0.0105. The van der Waals surface area contributed by atoms with E-state index in [1.807, 2.05) is 11.0 Å². The third-order valence-electron chi connectivity index (χ3n) is 4.34. The van der Waals surface area contributed by atoms with E-state index >= 15 is 0 Å². The van der Waals surface area contributed by atoms with Gasteiger partial charge >= 0.3 is 0 Å². The van der Waals surface area contributed by atoms with Crippen molar-refractivity contribution in [3.8, 4) is 0 Å². The Morgan fingerprint density at radius 1 is 1.29 bits per heavy atom. The Kier molecular flexibility index (Phi) is 5.74. The van der Waals surface area contributed by atoms with Gasteiger partial charge in [0, 0.05) is 39.1 Å². The van der Waals surface area contributed by atoms with E-state index in [9.17, 15) is 9.18 Å². The molecule has 0 spiro atoms. The van der Waals surface area contributed by atoms with Gasteiger partial charge in [-0.2, -0.15) is 0 Å². The minimum atomic E-state index is -0.160. The first-order valence-corrected chi connectivity index (χ1v) is 7.80. The van der Waals surface area contributed by atoms with Gasteiger partial charge in [0.15, 0.2) is 0 Å². The number of halogens is 1. The second kappa shape index (κ2) is 7.55. The summed E-state index contributed by atoms with van der Waals surface area (Å²) in [4.78, 5) is 15.8. The SMILES string of the molecule is CC(=O)N1CCCN(C(C)CCc2cccc(F)c2)CC1. The van der Waals surface area contributed by atoms with Gasteiger partial charge in [0.1, 0.15) is 5.82 Å². The van der Waals surface area contributed by atoms with Crippen molar-refractivity contribution in [2.75, 3.05) is 26.2 Å². The maximum atomic E-state index is 13.2. The Balaban J connectivity index is 1.83. The Hall–Kier alpha value is -1.42. The van der Waals surface area contributed by atoms with E-state index in [0.29, 0.717) is 6.04 Å². The first kappa shape index (κ1) is 16.0. The summed E-state index contributed by atoms with van der Waals surface area (Å²) in [5.41, 5.74) is 1.06. The molecule has 0 aliphatic carbocycles. The lowest BCUT2D eigenvalue weighted by molar-refractivity contribution is -0.128. The second-order valence-electron chi connectivity index (χ2n) is 5.91. The van der Waals surface area contributed by atoms with Crippen molar-refractivity contribution < 1.29 is 9.18 Å². The summed E-state index contributed by atoms with van der Waals surface area (Å²) >= 11 is 0. The molecule has 0 saturated carbocycles. The summed E-state index contributed by atoms with van der Waals surface area (Å²) in [7, 11) is 0. The van der Waals surface area contributed by atoms with Crippen LogP contribution in [0.5, 0.6) is 0 Å². The molecule has 1 saturated heterocycles. The van der Waals surface area contributed by atoms with Gasteiger partial charge in [-0.1, -0.05) is 12.1 Å². The van der Waals surface area contributed by atoms with Crippen LogP contribution in [0.3, 0.4) is 0 Å². The predicted octanol–water partition coefficient (Wildman–Crippen LogP) is 2.70. The summed E-state index contributed by atoms with van der Waals surface area (Å²) < 4.78 is 13.2. The van der Waals surface area contributed by atoms with E-state index in [0.717, 1.165) is 51.0 Å². The minimum Gasteiger partial charge on any atom is -0.342 e. The molecule has 4 heteroatoms. The van der Waals surface area contributed by atoms with Crippen LogP contribution in [0, 0.1) is 5.82 Å². The average molecular weight is 292 g/mol. The minimum absolute atomic E-state index is 0.160. The zero-order valence-corrected chi connectivity index (χ0v) is 13.0. The van der Waals surface area contributed by atoms with Gasteiger partial charge in [-0.15, -0.1) is 0 Å². The van der Waals surface area contributed by atoms with Crippen molar-refractivity contribution in [2.45, 2.75) is 39.2 Å². The molecule has 1 aliphatic rings. The van der Waals surface area contributed by atoms with E-state index in [2.05, 4.69) is 11.8 Å². The molecule has 1 aliphatic heterocycles. The molecule has 0 radical (unpaired) electrons. The number of hydrogen-bond donors (Lipinski definition) is 0. The smallest absolute Gasteiger partial charge is 0.219 e. The van der Waals surface area contributed by atoms with Crippen LogP contribution in [-0.2, 0) is 11.2 Å². The van der Waals surface area contributed by atoms with E-state index in [-0.39, 0.29) is 11.7 Å². The Morgan fingerprint density at radius 2 is 2.10 bits per heavy atom. The summed E-state index contributed by atoms with van der Waals surface area (Å²) in [6.07, 6.45) is 2.94. The maximum absolute atomic E-state index is 13.2. The van der Waals surface area contributed by atoms with Gasteiger partial charge in [-0.3, -0.25) is 9.69 Å². The van der Waals surface area contributed by atoms with Crippen molar-refractivity contribution >= 4 is 5.91 Å². The standard InChI is InChI=1S/C17H25FN2O/c1-14(7-8-16-5-3-6-17(18)13-16)19-9-4-10-20(12-11-19)15(2)21/h3,5-6,13-14H,4,7-12H2,1-2H3. The third-order valence-corrected chi connectivity index (χ3v) is 4.34. The number of nitrogens with zero attached hydrogens (tertiary/aromatic N) is 2. The molecule has 1 unspecified atom stereocenters. The zero-order chi connectivity index (χ0) is 15.2. The maximum Gasteiger partial charge on any atom is 0.219 e. The van der Waals surface area contributed by atoms with Gasteiger partial charge in [-0.05, 0) is 43.9 Å². The largest absolute Gasteiger partial charge is 0.342 e. The first-order valence-electron chi connectivity index (χ1n) is 7.80. The number of hydrogen-bond acceptors (Lipinski definition) is 2. The zero-order valence-electron chi connectivity index (χ0n) is 13.0. The Morgan fingerprint density at radius 3 is 2.81 bits per heavy atom. The molecule has 3 nitrogen and oxygen atoms in total. The third kappa shape index (κ3) is 4.81. The molecular weight excluding hydrogens is 267 g/mol. The lowest BCUT2D eigenvalue weighted by Crippen LogP contribution is -2.38. The number of carbonyl (C=O) groups excluding carboxylic acids is 1. The molecule has 1 amide bonds. The number of aryl methyl sites for hydroxylation is 1. The van der Waals surface area contributed by atoms with E-state index in [1.165, 1.54) is 6.07 Å². The highest BCUT2D eigenvalue weighted by atomic mass is 19.1. The fourth-order valence-electron chi connectivity index (χ4n) is 2.94. The Labute approximate surface area is 126 Å². The monoisotopic (exact) mass is 292 g/mol. The van der Waals surface area contributed by atoms with Crippen molar-refractivity contribution in [3.05, 3.63) is 35.6 Å². The van der Waals surface area contributed by atoms with E-state index in [1.54, 1.807) is 19.1 Å². The fraction of sp³-hybridized carbons (Fsp3) is 0.588. The lowest BCUT2D eigenvalue weighted by Gasteiger charge is -2.27. The molecule has 2 rings (SSSR count). The van der Waals surface area contributed by atoms with Gasteiger partial charge < -0.3 is 4.90 Å². The molecule has 1 heterocycles. The molecule has 1 aromatic rings. The summed E-state index contributed by atoms with van der Waals surface area (Å²) in [6, 6.07) is 7.31. The van der Waals surface area contributed by atoms with Crippen LogP contribution in [0.1, 0.15) is 32.3 Å². The fourth-order valence-corrected chi connectivity index (χ4v) is 2.94. The molecule has 0 bridgehead atoms. The van der Waals surface area contributed by atoms with Crippen molar-refractivity contribution in [1.82, 2.24) is 9.80 Å². The second-order valence-corrected chi connectivity index (χ2v) is 5.91. The van der Waals surface area contributed by atoms with E-state index in [4.69, 9.17) is 0 Å². The highest BCUT2D eigenvalue weighted by Gasteiger charge is 2.20. The topological polar surface area (TPSA) is 23.6 Å². The highest BCUT2D eigenvalue weighted by Crippen LogP contribution is 2.13. The quantitative estimate of drug-likeness (QED) is 0.852. The van der Waals surface area contributed by atoms with Crippen molar-refractivity contribution in [2.24, 2.45) is 0 Å². The van der Waals surface area contributed by atoms with Crippen LogP contribution >= 0.6 is 0 Å². The lowest BCUT2D eigenvalue weighted by atomic mass is 10.0. The van der Waals surface area contributed by atoms with Crippen LogP contribution < -0.4 is 0 Å². The van der Waals surface area contributed by atoms with Gasteiger partial charge in [0.05, 0.1) is 0 Å². The highest BCUT2D eigenvalue weighted by molar-refractivity contribution is 5.73. The van der Waals surface area contributed by atoms with Crippen LogP contribution in [-0.4, -0.2) is 47.9 Å². The van der Waals surface area contributed by atoms with Crippen molar-refractivity contribution in [3.63, 3.8) is 0 Å². The molecule has 0 N–H and O–H groups in total. The van der Waals surface area contributed by atoms with Crippen LogP contribution in [0.25, 0.3) is 0 Å². The normalized spacial score (nSPS) is 18.3. The molecule has 1 fully saturated rings. The number of carbonyl (C=O) groups is 1. The average Bonchev–Trinajstić information content (AvgIpc) is 2.71. The molecule has 116 valence electrons. The number of amides is 1.